The summed E-state index contributed by atoms with van der Waals surface area (Å²) in [5, 5.41) is 0. The first-order valence-corrected chi connectivity index (χ1v) is 10.2. The van der Waals surface area contributed by atoms with Gasteiger partial charge in [-0.2, -0.15) is 0 Å². The van der Waals surface area contributed by atoms with E-state index in [1.165, 1.54) is 21.3 Å². The molecule has 0 aliphatic carbocycles. The SMILES string of the molecule is COc1cc(OC)c(C(=O)N2CCC[C@H](CNS(C)(=O)=O)C2)cc1OC. The molecule has 1 aliphatic heterocycles. The highest BCUT2D eigenvalue weighted by Gasteiger charge is 2.28. The number of ether oxygens (including phenoxy) is 3. The van der Waals surface area contributed by atoms with Gasteiger partial charge in [-0.3, -0.25) is 4.79 Å². The van der Waals surface area contributed by atoms with Crippen LogP contribution in [0.15, 0.2) is 12.1 Å². The van der Waals surface area contributed by atoms with E-state index in [9.17, 15) is 13.2 Å². The second-order valence-electron chi connectivity index (χ2n) is 6.29. The van der Waals surface area contributed by atoms with Gasteiger partial charge in [-0.25, -0.2) is 13.1 Å². The predicted molar refractivity (Wildman–Crippen MR) is 97.6 cm³/mol. The predicted octanol–water partition coefficient (Wildman–Crippen LogP) is 1.11. The lowest BCUT2D eigenvalue weighted by atomic mass is 9.97. The number of methoxy groups -OCH3 is 3. The molecule has 9 heteroatoms. The van der Waals surface area contributed by atoms with Gasteiger partial charge in [0.15, 0.2) is 11.5 Å². The fourth-order valence-electron chi connectivity index (χ4n) is 3.05. The molecule has 0 aromatic heterocycles. The van der Waals surface area contributed by atoms with Crippen LogP contribution in [-0.4, -0.2) is 66.4 Å². The summed E-state index contributed by atoms with van der Waals surface area (Å²) < 4.78 is 41.0. The summed E-state index contributed by atoms with van der Waals surface area (Å²) in [7, 11) is 1.27. The normalized spacial score (nSPS) is 17.7. The zero-order valence-corrected chi connectivity index (χ0v) is 16.4. The smallest absolute Gasteiger partial charge is 0.257 e. The van der Waals surface area contributed by atoms with Crippen molar-refractivity contribution in [3.05, 3.63) is 17.7 Å². The van der Waals surface area contributed by atoms with Crippen LogP contribution in [0.4, 0.5) is 0 Å². The Morgan fingerprint density at radius 1 is 1.15 bits per heavy atom. The number of piperidine rings is 1. The van der Waals surface area contributed by atoms with Gasteiger partial charge < -0.3 is 19.1 Å². The second-order valence-corrected chi connectivity index (χ2v) is 8.12. The van der Waals surface area contributed by atoms with E-state index in [0.29, 0.717) is 42.4 Å². The summed E-state index contributed by atoms with van der Waals surface area (Å²) in [6.45, 7) is 1.43. The Morgan fingerprint density at radius 3 is 2.35 bits per heavy atom. The van der Waals surface area contributed by atoms with E-state index in [0.717, 1.165) is 19.1 Å². The molecule has 1 amide bonds. The average Bonchev–Trinajstić information content (AvgIpc) is 2.64. The maximum Gasteiger partial charge on any atom is 0.257 e. The molecule has 1 fully saturated rings. The Bertz CT molecular complexity index is 750. The van der Waals surface area contributed by atoms with Gasteiger partial charge in [0.1, 0.15) is 5.75 Å². The summed E-state index contributed by atoms with van der Waals surface area (Å²) in [5.74, 6) is 1.24. The van der Waals surface area contributed by atoms with Crippen molar-refractivity contribution >= 4 is 15.9 Å². The molecule has 2 rings (SSSR count). The van der Waals surface area contributed by atoms with Gasteiger partial charge >= 0.3 is 0 Å². The molecule has 146 valence electrons. The lowest BCUT2D eigenvalue weighted by molar-refractivity contribution is 0.0672. The Balaban J connectivity index is 2.19. The zero-order chi connectivity index (χ0) is 19.3. The maximum absolute atomic E-state index is 13.0. The van der Waals surface area contributed by atoms with Crippen LogP contribution in [0.5, 0.6) is 17.2 Å². The Morgan fingerprint density at radius 2 is 1.77 bits per heavy atom. The van der Waals surface area contributed by atoms with Crippen molar-refractivity contribution in [3.63, 3.8) is 0 Å². The van der Waals surface area contributed by atoms with E-state index in [1.807, 2.05) is 0 Å². The Hall–Kier alpha value is -2.00. The van der Waals surface area contributed by atoms with E-state index >= 15 is 0 Å². The molecule has 1 N–H and O–H groups in total. The number of hydrogen-bond acceptors (Lipinski definition) is 6. The van der Waals surface area contributed by atoms with Crippen LogP contribution in [0.2, 0.25) is 0 Å². The molecule has 1 saturated heterocycles. The minimum Gasteiger partial charge on any atom is -0.496 e. The largest absolute Gasteiger partial charge is 0.496 e. The number of sulfonamides is 1. The molecule has 1 aromatic carbocycles. The molecule has 1 aromatic rings. The summed E-state index contributed by atoms with van der Waals surface area (Å²) >= 11 is 0. The molecule has 0 unspecified atom stereocenters. The van der Waals surface area contributed by atoms with Crippen molar-refractivity contribution in [1.29, 1.82) is 0 Å². The third kappa shape index (κ3) is 5.01. The first kappa shape index (κ1) is 20.3. The lowest BCUT2D eigenvalue weighted by Gasteiger charge is -2.33. The minimum atomic E-state index is -3.24. The quantitative estimate of drug-likeness (QED) is 0.755. The van der Waals surface area contributed by atoms with Crippen molar-refractivity contribution < 1.29 is 27.4 Å². The monoisotopic (exact) mass is 386 g/mol. The highest BCUT2D eigenvalue weighted by Crippen LogP contribution is 2.35. The van der Waals surface area contributed by atoms with Crippen LogP contribution in [-0.2, 0) is 10.0 Å². The number of carbonyl (C=O) groups excluding carboxylic acids is 1. The van der Waals surface area contributed by atoms with E-state index < -0.39 is 10.0 Å². The summed E-state index contributed by atoms with van der Waals surface area (Å²) in [4.78, 5) is 14.7. The van der Waals surface area contributed by atoms with Gasteiger partial charge in [0, 0.05) is 31.8 Å². The summed E-state index contributed by atoms with van der Waals surface area (Å²) in [5.41, 5.74) is 0.391. The van der Waals surface area contributed by atoms with Crippen molar-refractivity contribution in [3.8, 4) is 17.2 Å². The molecule has 1 heterocycles. The van der Waals surface area contributed by atoms with E-state index in [1.54, 1.807) is 17.0 Å². The van der Waals surface area contributed by atoms with Gasteiger partial charge in [-0.1, -0.05) is 0 Å². The summed E-state index contributed by atoms with van der Waals surface area (Å²) in [6, 6.07) is 3.23. The van der Waals surface area contributed by atoms with E-state index in [4.69, 9.17) is 14.2 Å². The molecule has 1 aliphatic rings. The lowest BCUT2D eigenvalue weighted by Crippen LogP contribution is -2.43. The Labute approximate surface area is 154 Å². The van der Waals surface area contributed by atoms with Crippen molar-refractivity contribution in [1.82, 2.24) is 9.62 Å². The molecule has 0 saturated carbocycles. The highest BCUT2D eigenvalue weighted by atomic mass is 32.2. The molecular weight excluding hydrogens is 360 g/mol. The molecule has 26 heavy (non-hydrogen) atoms. The second kappa shape index (κ2) is 8.59. The standard InChI is InChI=1S/C17H26N2O6S/c1-23-14-9-16(25-3)15(24-2)8-13(14)17(20)19-7-5-6-12(11-19)10-18-26(4,21)22/h8-9,12,18H,5-7,10-11H2,1-4H3/t12-/m1/s1. The van der Waals surface area contributed by atoms with Gasteiger partial charge in [0.05, 0.1) is 33.1 Å². The third-order valence-electron chi connectivity index (χ3n) is 4.38. The number of rotatable bonds is 7. The number of nitrogens with one attached hydrogen (secondary N) is 1. The minimum absolute atomic E-state index is 0.0774. The van der Waals surface area contributed by atoms with Gasteiger partial charge in [-0.15, -0.1) is 0 Å². The molecule has 8 nitrogen and oxygen atoms in total. The van der Waals surface area contributed by atoms with Gasteiger partial charge in [0.2, 0.25) is 10.0 Å². The fourth-order valence-corrected chi connectivity index (χ4v) is 3.59. The summed E-state index contributed by atoms with van der Waals surface area (Å²) in [6.07, 6.45) is 2.82. The molecular formula is C17H26N2O6S. The number of benzene rings is 1. The van der Waals surface area contributed by atoms with E-state index in [2.05, 4.69) is 4.72 Å². The molecule has 0 radical (unpaired) electrons. The van der Waals surface area contributed by atoms with Gasteiger partial charge in [0.25, 0.3) is 5.91 Å². The van der Waals surface area contributed by atoms with Crippen molar-refractivity contribution in [2.45, 2.75) is 12.8 Å². The van der Waals surface area contributed by atoms with Crippen LogP contribution in [0, 0.1) is 5.92 Å². The van der Waals surface area contributed by atoms with Crippen LogP contribution >= 0.6 is 0 Å². The maximum atomic E-state index is 13.0. The number of nitrogens with zero attached hydrogens (tertiary/aromatic N) is 1. The van der Waals surface area contributed by atoms with Crippen molar-refractivity contribution in [2.75, 3.05) is 47.2 Å². The Kier molecular flexibility index (Phi) is 6.71. The van der Waals surface area contributed by atoms with Gasteiger partial charge in [-0.05, 0) is 18.8 Å². The first-order valence-electron chi connectivity index (χ1n) is 8.33. The number of likely N-dealkylation sites (tertiary alicyclic amines) is 1. The van der Waals surface area contributed by atoms with E-state index in [-0.39, 0.29) is 11.8 Å². The van der Waals surface area contributed by atoms with Crippen LogP contribution < -0.4 is 18.9 Å². The number of hydrogen-bond donors (Lipinski definition) is 1. The number of carbonyl (C=O) groups is 1. The van der Waals surface area contributed by atoms with Crippen LogP contribution in [0.25, 0.3) is 0 Å². The fraction of sp³-hybridized carbons (Fsp3) is 0.588. The van der Waals surface area contributed by atoms with Crippen LogP contribution in [0.1, 0.15) is 23.2 Å². The third-order valence-corrected chi connectivity index (χ3v) is 5.07. The van der Waals surface area contributed by atoms with Crippen molar-refractivity contribution in [2.24, 2.45) is 5.92 Å². The van der Waals surface area contributed by atoms with Crippen LogP contribution in [0.3, 0.4) is 0 Å². The zero-order valence-electron chi connectivity index (χ0n) is 15.6. The first-order chi connectivity index (χ1) is 12.3. The number of amides is 1. The molecule has 0 spiro atoms. The molecule has 0 bridgehead atoms. The molecule has 1 atom stereocenters. The highest BCUT2D eigenvalue weighted by molar-refractivity contribution is 7.88. The average molecular weight is 386 g/mol. The topological polar surface area (TPSA) is 94.2 Å².